The molecule has 0 aliphatic rings. The van der Waals surface area contributed by atoms with Gasteiger partial charge in [-0.25, -0.2) is 13.7 Å². The van der Waals surface area contributed by atoms with Crippen molar-refractivity contribution in [3.05, 3.63) is 54.3 Å². The number of carbonyl (C=O) groups excluding carboxylic acids is 1. The fourth-order valence-electron chi connectivity index (χ4n) is 2.39. The molecule has 5 nitrogen and oxygen atoms in total. The Balaban J connectivity index is 2.37. The van der Waals surface area contributed by atoms with Gasteiger partial charge in [-0.15, -0.1) is 4.36 Å². The SMILES string of the molecule is CC(C)C[C@H](N)C(=O)N=S(N)(=O)c1cccc(-c2cccc(F)c2)c1. The highest BCUT2D eigenvalue weighted by Gasteiger charge is 2.18. The number of amides is 1. The second-order valence-corrected chi connectivity index (χ2v) is 8.06. The number of nitrogens with two attached hydrogens (primary N) is 2. The maximum Gasteiger partial charge on any atom is 0.271 e. The molecule has 134 valence electrons. The Labute approximate surface area is 147 Å². The molecule has 0 bridgehead atoms. The summed E-state index contributed by atoms with van der Waals surface area (Å²) in [5.74, 6) is -0.854. The van der Waals surface area contributed by atoms with Crippen LogP contribution in [0.4, 0.5) is 4.39 Å². The highest BCUT2D eigenvalue weighted by atomic mass is 32.2. The zero-order valence-electron chi connectivity index (χ0n) is 14.2. The van der Waals surface area contributed by atoms with Crippen LogP contribution in [0, 0.1) is 11.7 Å². The summed E-state index contributed by atoms with van der Waals surface area (Å²) in [6, 6.07) is 11.6. The molecular weight excluding hydrogens is 341 g/mol. The van der Waals surface area contributed by atoms with Crippen molar-refractivity contribution in [2.24, 2.45) is 21.2 Å². The van der Waals surface area contributed by atoms with Crippen LogP contribution in [-0.2, 0) is 14.7 Å². The Morgan fingerprint density at radius 1 is 1.16 bits per heavy atom. The standard InChI is InChI=1S/C18H22FN3O2S/c1-12(2)9-17(20)18(23)22-25(21,24)16-8-4-6-14(11-16)13-5-3-7-15(19)10-13/h3-8,10-12,17H,9,20H2,1-2H3,(H2,21,22,23,24)/t17-,25?/m0/s1. The van der Waals surface area contributed by atoms with Crippen molar-refractivity contribution in [2.45, 2.75) is 31.2 Å². The lowest BCUT2D eigenvalue weighted by molar-refractivity contribution is -0.119. The van der Waals surface area contributed by atoms with E-state index in [1.54, 1.807) is 30.3 Å². The Hall–Kier alpha value is -2.09. The first-order valence-corrected chi connectivity index (χ1v) is 9.47. The molecule has 4 N–H and O–H groups in total. The fraction of sp³-hybridized carbons (Fsp3) is 0.278. The smallest absolute Gasteiger partial charge is 0.271 e. The van der Waals surface area contributed by atoms with Crippen LogP contribution in [0.2, 0.25) is 0 Å². The summed E-state index contributed by atoms with van der Waals surface area (Å²) in [4.78, 5) is 12.3. The van der Waals surface area contributed by atoms with Gasteiger partial charge in [-0.3, -0.25) is 4.79 Å². The van der Waals surface area contributed by atoms with E-state index in [4.69, 9.17) is 10.9 Å². The van der Waals surface area contributed by atoms with Crippen LogP contribution >= 0.6 is 0 Å². The van der Waals surface area contributed by atoms with E-state index in [0.29, 0.717) is 17.5 Å². The van der Waals surface area contributed by atoms with E-state index in [-0.39, 0.29) is 16.6 Å². The van der Waals surface area contributed by atoms with Gasteiger partial charge in [0.2, 0.25) is 0 Å². The van der Waals surface area contributed by atoms with E-state index in [9.17, 15) is 13.4 Å². The first kappa shape index (κ1) is 19.2. The van der Waals surface area contributed by atoms with Gasteiger partial charge in [-0.2, -0.15) is 0 Å². The lowest BCUT2D eigenvalue weighted by Gasteiger charge is -2.11. The number of carbonyl (C=O) groups is 1. The molecule has 25 heavy (non-hydrogen) atoms. The summed E-state index contributed by atoms with van der Waals surface area (Å²) in [6.45, 7) is 3.85. The molecule has 0 fully saturated rings. The van der Waals surface area contributed by atoms with Crippen LogP contribution in [0.3, 0.4) is 0 Å². The van der Waals surface area contributed by atoms with Gasteiger partial charge in [0.1, 0.15) is 15.7 Å². The molecule has 1 unspecified atom stereocenters. The molecule has 0 aliphatic heterocycles. The lowest BCUT2D eigenvalue weighted by atomic mass is 10.0. The van der Waals surface area contributed by atoms with Crippen molar-refractivity contribution in [1.29, 1.82) is 0 Å². The quantitative estimate of drug-likeness (QED) is 0.854. The zero-order chi connectivity index (χ0) is 18.6. The lowest BCUT2D eigenvalue weighted by Crippen LogP contribution is -2.32. The van der Waals surface area contributed by atoms with Crippen molar-refractivity contribution in [1.82, 2.24) is 0 Å². The molecule has 2 rings (SSSR count). The first-order chi connectivity index (χ1) is 11.7. The van der Waals surface area contributed by atoms with Crippen LogP contribution in [0.15, 0.2) is 57.8 Å². The highest BCUT2D eigenvalue weighted by molar-refractivity contribution is 7.91. The zero-order valence-corrected chi connectivity index (χ0v) is 15.0. The van der Waals surface area contributed by atoms with E-state index in [0.717, 1.165) is 0 Å². The molecule has 7 heteroatoms. The van der Waals surface area contributed by atoms with Crippen molar-refractivity contribution < 1.29 is 13.4 Å². The van der Waals surface area contributed by atoms with Crippen LogP contribution in [0.1, 0.15) is 20.3 Å². The van der Waals surface area contributed by atoms with E-state index < -0.39 is 21.9 Å². The summed E-state index contributed by atoms with van der Waals surface area (Å²) in [5.41, 5.74) is 7.01. The van der Waals surface area contributed by atoms with Gasteiger partial charge in [-0.05, 0) is 47.7 Å². The van der Waals surface area contributed by atoms with Crippen molar-refractivity contribution in [3.8, 4) is 11.1 Å². The molecule has 0 heterocycles. The Kier molecular flexibility index (Phi) is 6.05. The van der Waals surface area contributed by atoms with Gasteiger partial charge in [0.25, 0.3) is 5.91 Å². The molecule has 0 spiro atoms. The maximum atomic E-state index is 13.4. The number of rotatable bonds is 5. The minimum absolute atomic E-state index is 0.194. The summed E-state index contributed by atoms with van der Waals surface area (Å²) in [5, 5.41) is 5.80. The molecule has 2 aromatic rings. The van der Waals surface area contributed by atoms with E-state index >= 15 is 0 Å². The number of hydrogen-bond acceptors (Lipinski definition) is 3. The normalized spacial score (nSPS) is 14.8. The Morgan fingerprint density at radius 2 is 1.76 bits per heavy atom. The average Bonchev–Trinajstić information content (AvgIpc) is 2.54. The summed E-state index contributed by atoms with van der Waals surface area (Å²) in [6.07, 6.45) is 0.432. The maximum absolute atomic E-state index is 13.4. The number of benzene rings is 2. The molecule has 2 aromatic carbocycles. The minimum Gasteiger partial charge on any atom is -0.320 e. The number of halogens is 1. The van der Waals surface area contributed by atoms with E-state index in [1.165, 1.54) is 18.2 Å². The van der Waals surface area contributed by atoms with Crippen molar-refractivity contribution in [2.75, 3.05) is 0 Å². The van der Waals surface area contributed by atoms with Gasteiger partial charge < -0.3 is 5.73 Å². The van der Waals surface area contributed by atoms with Crippen LogP contribution in [0.25, 0.3) is 11.1 Å². The van der Waals surface area contributed by atoms with Gasteiger partial charge in [0.15, 0.2) is 0 Å². The molecule has 0 saturated heterocycles. The third-order valence-electron chi connectivity index (χ3n) is 3.60. The van der Waals surface area contributed by atoms with Crippen LogP contribution < -0.4 is 10.9 Å². The van der Waals surface area contributed by atoms with Crippen LogP contribution in [-0.4, -0.2) is 16.2 Å². The third-order valence-corrected chi connectivity index (χ3v) is 4.98. The monoisotopic (exact) mass is 363 g/mol. The molecule has 1 amide bonds. The predicted molar refractivity (Wildman–Crippen MR) is 97.3 cm³/mol. The first-order valence-electron chi connectivity index (χ1n) is 7.89. The Bertz CT molecular complexity index is 889. The topological polar surface area (TPSA) is 98.5 Å². The fourth-order valence-corrected chi connectivity index (χ4v) is 3.47. The molecule has 0 radical (unpaired) electrons. The largest absolute Gasteiger partial charge is 0.320 e. The summed E-state index contributed by atoms with van der Waals surface area (Å²) >= 11 is 0. The molecule has 0 saturated carbocycles. The average molecular weight is 363 g/mol. The molecule has 0 aromatic heterocycles. The minimum atomic E-state index is -3.43. The van der Waals surface area contributed by atoms with Crippen molar-refractivity contribution >= 4 is 15.8 Å². The second kappa shape index (κ2) is 7.86. The Morgan fingerprint density at radius 3 is 2.36 bits per heavy atom. The number of hydrogen-bond donors (Lipinski definition) is 2. The molecule has 2 atom stereocenters. The van der Waals surface area contributed by atoms with Gasteiger partial charge in [0, 0.05) is 0 Å². The molecule has 0 aliphatic carbocycles. The summed E-state index contributed by atoms with van der Waals surface area (Å²) in [7, 11) is -3.43. The van der Waals surface area contributed by atoms with Gasteiger partial charge in [0.05, 0.1) is 10.9 Å². The van der Waals surface area contributed by atoms with Gasteiger partial charge >= 0.3 is 0 Å². The highest BCUT2D eigenvalue weighted by Crippen LogP contribution is 2.23. The van der Waals surface area contributed by atoms with Gasteiger partial charge in [-0.1, -0.05) is 38.1 Å². The van der Waals surface area contributed by atoms with Crippen molar-refractivity contribution in [3.63, 3.8) is 0 Å². The summed E-state index contributed by atoms with van der Waals surface area (Å²) < 4.78 is 29.7. The number of nitrogens with zero attached hydrogens (tertiary/aromatic N) is 1. The van der Waals surface area contributed by atoms with E-state index in [2.05, 4.69) is 4.36 Å². The van der Waals surface area contributed by atoms with E-state index in [1.807, 2.05) is 13.8 Å². The second-order valence-electron chi connectivity index (χ2n) is 6.27. The van der Waals surface area contributed by atoms with Crippen LogP contribution in [0.5, 0.6) is 0 Å². The third kappa shape index (κ3) is 5.19. The molecular formula is C18H22FN3O2S. The predicted octanol–water partition coefficient (Wildman–Crippen LogP) is 3.09.